The van der Waals surface area contributed by atoms with Crippen molar-refractivity contribution in [3.63, 3.8) is 0 Å². The Morgan fingerprint density at radius 1 is 1.28 bits per heavy atom. The molecule has 2 aromatic heterocycles. The first-order chi connectivity index (χ1) is 15.3. The predicted octanol–water partition coefficient (Wildman–Crippen LogP) is 3.37. The molecule has 0 spiro atoms. The maximum absolute atomic E-state index is 13.0. The molecule has 0 aliphatic carbocycles. The van der Waals surface area contributed by atoms with Gasteiger partial charge in [-0.1, -0.05) is 12.1 Å². The van der Waals surface area contributed by atoms with Gasteiger partial charge in [0, 0.05) is 25.5 Å². The monoisotopic (exact) mass is 443 g/mol. The lowest BCUT2D eigenvalue weighted by Gasteiger charge is -2.32. The number of hydrogen-bond donors (Lipinski definition) is 1. The third kappa shape index (κ3) is 4.39. The number of ether oxygens (including phenoxy) is 1. The van der Waals surface area contributed by atoms with Crippen molar-refractivity contribution in [1.29, 1.82) is 0 Å². The van der Waals surface area contributed by atoms with Gasteiger partial charge in [-0.2, -0.15) is 13.9 Å². The number of nitrogens with one attached hydrogen (secondary N) is 1. The molecule has 1 unspecified atom stereocenters. The Labute approximate surface area is 183 Å². The summed E-state index contributed by atoms with van der Waals surface area (Å²) in [5, 5.41) is 8.05. The van der Waals surface area contributed by atoms with E-state index in [9.17, 15) is 18.4 Å². The number of likely N-dealkylation sites (tertiary alicyclic amines) is 1. The van der Waals surface area contributed by atoms with Crippen molar-refractivity contribution in [2.24, 2.45) is 13.0 Å². The van der Waals surface area contributed by atoms with Gasteiger partial charge in [0.05, 0.1) is 29.1 Å². The van der Waals surface area contributed by atoms with Gasteiger partial charge in [-0.25, -0.2) is 4.98 Å². The van der Waals surface area contributed by atoms with E-state index in [0.717, 1.165) is 16.7 Å². The standard InChI is InChI=1S/C22H23F2N5O3/c1-13-17-10-15(11-25-19(17)28(2)27-13)26-20(30)14-6-5-9-29(12-14)21(31)16-7-3-4-8-18(16)32-22(23)24/h3-4,7-8,10-11,14,22H,5-6,9,12H2,1-2H3,(H,26,30). The Kier molecular flexibility index (Phi) is 6.02. The number of amides is 2. The van der Waals surface area contributed by atoms with E-state index < -0.39 is 18.4 Å². The quantitative estimate of drug-likeness (QED) is 0.653. The van der Waals surface area contributed by atoms with Gasteiger partial charge in [-0.15, -0.1) is 0 Å². The fourth-order valence-corrected chi connectivity index (χ4v) is 4.01. The van der Waals surface area contributed by atoms with E-state index in [1.807, 2.05) is 13.0 Å². The van der Waals surface area contributed by atoms with Crippen LogP contribution in [0.15, 0.2) is 36.5 Å². The Bertz CT molecular complexity index is 1160. The molecule has 3 aromatic rings. The Morgan fingerprint density at radius 2 is 2.06 bits per heavy atom. The highest BCUT2D eigenvalue weighted by Crippen LogP contribution is 2.26. The van der Waals surface area contributed by atoms with Crippen molar-refractivity contribution < 1.29 is 23.1 Å². The van der Waals surface area contributed by atoms with Crippen LogP contribution in [0, 0.1) is 12.8 Å². The highest BCUT2D eigenvalue weighted by molar-refractivity contribution is 5.98. The van der Waals surface area contributed by atoms with E-state index in [4.69, 9.17) is 0 Å². The molecule has 4 rings (SSSR count). The van der Waals surface area contributed by atoms with Gasteiger partial charge >= 0.3 is 6.61 Å². The topological polar surface area (TPSA) is 89.4 Å². The molecular weight excluding hydrogens is 420 g/mol. The number of benzene rings is 1. The van der Waals surface area contributed by atoms with Crippen LogP contribution in [-0.2, 0) is 11.8 Å². The molecule has 168 valence electrons. The number of hydrogen-bond acceptors (Lipinski definition) is 5. The number of anilines is 1. The molecule has 1 aliphatic heterocycles. The first-order valence-electron chi connectivity index (χ1n) is 10.3. The van der Waals surface area contributed by atoms with Crippen LogP contribution in [0.3, 0.4) is 0 Å². The summed E-state index contributed by atoms with van der Waals surface area (Å²) < 4.78 is 31.5. The Balaban J connectivity index is 1.46. The van der Waals surface area contributed by atoms with Crippen LogP contribution in [0.5, 0.6) is 5.75 Å². The summed E-state index contributed by atoms with van der Waals surface area (Å²) in [6, 6.07) is 7.71. The molecule has 0 saturated carbocycles. The molecule has 3 heterocycles. The summed E-state index contributed by atoms with van der Waals surface area (Å²) in [4.78, 5) is 31.7. The minimum Gasteiger partial charge on any atom is -0.434 e. The number of aryl methyl sites for hydroxylation is 2. The van der Waals surface area contributed by atoms with Gasteiger partial charge in [-0.05, 0) is 38.0 Å². The normalized spacial score (nSPS) is 16.4. The van der Waals surface area contributed by atoms with Crippen LogP contribution >= 0.6 is 0 Å². The van der Waals surface area contributed by atoms with E-state index in [1.165, 1.54) is 23.1 Å². The first kappa shape index (κ1) is 21.7. The fourth-order valence-electron chi connectivity index (χ4n) is 4.01. The summed E-state index contributed by atoms with van der Waals surface area (Å²) in [6.07, 6.45) is 2.82. The van der Waals surface area contributed by atoms with E-state index in [1.54, 1.807) is 24.0 Å². The molecule has 32 heavy (non-hydrogen) atoms. The van der Waals surface area contributed by atoms with Crippen molar-refractivity contribution in [3.8, 4) is 5.75 Å². The molecule has 1 aromatic carbocycles. The molecule has 8 nitrogen and oxygen atoms in total. The average Bonchev–Trinajstić information content (AvgIpc) is 3.06. The third-order valence-corrected chi connectivity index (χ3v) is 5.54. The van der Waals surface area contributed by atoms with Gasteiger partial charge in [0.1, 0.15) is 5.75 Å². The van der Waals surface area contributed by atoms with Gasteiger partial charge in [0.25, 0.3) is 5.91 Å². The second-order valence-electron chi connectivity index (χ2n) is 7.76. The highest BCUT2D eigenvalue weighted by atomic mass is 19.3. The lowest BCUT2D eigenvalue weighted by molar-refractivity contribution is -0.121. The van der Waals surface area contributed by atoms with Gasteiger partial charge < -0.3 is 15.0 Å². The molecule has 2 amide bonds. The smallest absolute Gasteiger partial charge is 0.387 e. The molecular formula is C22H23F2N5O3. The van der Waals surface area contributed by atoms with Crippen LogP contribution in [0.4, 0.5) is 14.5 Å². The number of rotatable bonds is 5. The average molecular weight is 443 g/mol. The summed E-state index contributed by atoms with van der Waals surface area (Å²) in [7, 11) is 1.80. The third-order valence-electron chi connectivity index (χ3n) is 5.54. The largest absolute Gasteiger partial charge is 0.434 e. The number of nitrogens with zero attached hydrogens (tertiary/aromatic N) is 4. The second kappa shape index (κ2) is 8.89. The number of carbonyl (C=O) groups is 2. The van der Waals surface area contributed by atoms with Gasteiger partial charge in [0.15, 0.2) is 5.65 Å². The highest BCUT2D eigenvalue weighted by Gasteiger charge is 2.30. The zero-order valence-electron chi connectivity index (χ0n) is 17.7. The number of pyridine rings is 1. The van der Waals surface area contributed by atoms with Crippen LogP contribution in [0.2, 0.25) is 0 Å². The molecule has 10 heteroatoms. The molecule has 1 N–H and O–H groups in total. The van der Waals surface area contributed by atoms with Crippen LogP contribution in [-0.4, -0.2) is 51.2 Å². The lowest BCUT2D eigenvalue weighted by atomic mass is 9.96. The van der Waals surface area contributed by atoms with Crippen LogP contribution in [0.25, 0.3) is 11.0 Å². The summed E-state index contributed by atoms with van der Waals surface area (Å²) in [5.74, 6) is -1.26. The number of fused-ring (bicyclic) bond motifs is 1. The number of carbonyl (C=O) groups excluding carboxylic acids is 2. The number of piperidine rings is 1. The molecule has 0 bridgehead atoms. The van der Waals surface area contributed by atoms with Crippen LogP contribution in [0.1, 0.15) is 28.9 Å². The number of alkyl halides is 2. The minimum atomic E-state index is -3.03. The van der Waals surface area contributed by atoms with Crippen molar-refractivity contribution in [2.45, 2.75) is 26.4 Å². The van der Waals surface area contributed by atoms with E-state index in [-0.39, 0.29) is 23.8 Å². The zero-order chi connectivity index (χ0) is 22.8. The second-order valence-corrected chi connectivity index (χ2v) is 7.76. The van der Waals surface area contributed by atoms with Crippen molar-refractivity contribution >= 4 is 28.5 Å². The molecule has 1 saturated heterocycles. The fraction of sp³-hybridized carbons (Fsp3) is 0.364. The molecule has 0 radical (unpaired) electrons. The maximum atomic E-state index is 13.0. The SMILES string of the molecule is Cc1nn(C)c2ncc(NC(=O)C3CCCN(C(=O)c4ccccc4OC(F)F)C3)cc12. The minimum absolute atomic E-state index is 0.0514. The van der Waals surface area contributed by atoms with E-state index in [0.29, 0.717) is 25.1 Å². The molecule has 1 aliphatic rings. The summed E-state index contributed by atoms with van der Waals surface area (Å²) >= 11 is 0. The number of para-hydroxylation sites is 1. The first-order valence-corrected chi connectivity index (χ1v) is 10.3. The van der Waals surface area contributed by atoms with Crippen molar-refractivity contribution in [3.05, 3.63) is 47.8 Å². The molecule has 1 atom stereocenters. The Hall–Kier alpha value is -3.56. The summed E-state index contributed by atoms with van der Waals surface area (Å²) in [5.41, 5.74) is 2.14. The van der Waals surface area contributed by atoms with Crippen molar-refractivity contribution in [2.75, 3.05) is 18.4 Å². The maximum Gasteiger partial charge on any atom is 0.387 e. The Morgan fingerprint density at radius 3 is 2.84 bits per heavy atom. The van der Waals surface area contributed by atoms with E-state index >= 15 is 0 Å². The predicted molar refractivity (Wildman–Crippen MR) is 114 cm³/mol. The number of aromatic nitrogens is 3. The lowest BCUT2D eigenvalue weighted by Crippen LogP contribution is -2.43. The van der Waals surface area contributed by atoms with Crippen molar-refractivity contribution in [1.82, 2.24) is 19.7 Å². The van der Waals surface area contributed by atoms with Crippen LogP contribution < -0.4 is 10.1 Å². The number of halogens is 2. The zero-order valence-corrected chi connectivity index (χ0v) is 17.7. The van der Waals surface area contributed by atoms with Gasteiger partial charge in [0.2, 0.25) is 5.91 Å². The summed E-state index contributed by atoms with van der Waals surface area (Å²) in [6.45, 7) is -0.530. The molecule has 1 fully saturated rings. The van der Waals surface area contributed by atoms with E-state index in [2.05, 4.69) is 20.1 Å². The van der Waals surface area contributed by atoms with Gasteiger partial charge in [-0.3, -0.25) is 14.3 Å².